The number of carbonyl (C=O) groups excluding carboxylic acids is 1. The predicted octanol–water partition coefficient (Wildman–Crippen LogP) is 0.823. The van der Waals surface area contributed by atoms with E-state index in [0.29, 0.717) is 23.3 Å². The van der Waals surface area contributed by atoms with Crippen molar-refractivity contribution in [3.8, 4) is 5.82 Å². The van der Waals surface area contributed by atoms with Crippen LogP contribution in [-0.4, -0.2) is 42.9 Å². The molecule has 0 aromatic carbocycles. The van der Waals surface area contributed by atoms with Crippen LogP contribution in [0.2, 0.25) is 0 Å². The number of nitrogens with zero attached hydrogens (tertiary/aromatic N) is 4. The Morgan fingerprint density at radius 1 is 1.52 bits per heavy atom. The third-order valence-electron chi connectivity index (χ3n) is 4.61. The number of hydrogen-bond donors (Lipinski definition) is 2. The Hall–Kier alpha value is -2.28. The van der Waals surface area contributed by atoms with E-state index in [-0.39, 0.29) is 12.5 Å². The maximum Gasteiger partial charge on any atom is 0.272 e. The largest absolute Gasteiger partial charge is 0.394 e. The van der Waals surface area contributed by atoms with Gasteiger partial charge in [0.05, 0.1) is 17.8 Å². The molecule has 23 heavy (non-hydrogen) atoms. The number of rotatable bonds is 4. The molecule has 0 unspecified atom stereocenters. The molecule has 120 valence electrons. The molecule has 0 saturated heterocycles. The zero-order chi connectivity index (χ0) is 16.2. The fourth-order valence-corrected chi connectivity index (χ4v) is 3.29. The fraction of sp³-hybridized carbons (Fsp3) is 0.500. The smallest absolute Gasteiger partial charge is 0.272 e. The van der Waals surface area contributed by atoms with Gasteiger partial charge in [-0.2, -0.15) is 5.10 Å². The Balaban J connectivity index is 1.75. The van der Waals surface area contributed by atoms with Gasteiger partial charge in [0.2, 0.25) is 0 Å². The summed E-state index contributed by atoms with van der Waals surface area (Å²) in [5.74, 6) is 1.56. The molecule has 0 bridgehead atoms. The Morgan fingerprint density at radius 2 is 2.35 bits per heavy atom. The number of aromatic nitrogens is 4. The highest BCUT2D eigenvalue weighted by molar-refractivity contribution is 5.95. The highest BCUT2D eigenvalue weighted by atomic mass is 16.3. The van der Waals surface area contributed by atoms with Crippen molar-refractivity contribution >= 4 is 5.91 Å². The zero-order valence-electron chi connectivity index (χ0n) is 13.2. The summed E-state index contributed by atoms with van der Waals surface area (Å²) in [5.41, 5.74) is 1.91. The molecule has 0 aliphatic heterocycles. The molecule has 2 heterocycles. The first kappa shape index (κ1) is 14.3. The maximum absolute atomic E-state index is 12.6. The quantitative estimate of drug-likeness (QED) is 0.872. The Labute approximate surface area is 133 Å². The minimum absolute atomic E-state index is 0.126. The maximum atomic E-state index is 12.6. The summed E-state index contributed by atoms with van der Waals surface area (Å²) in [5, 5.41) is 16.7. The summed E-state index contributed by atoms with van der Waals surface area (Å²) >= 11 is 0. The minimum atomic E-state index is -0.676. The number of amides is 1. The summed E-state index contributed by atoms with van der Waals surface area (Å²) in [6.45, 7) is 3.44. The third kappa shape index (κ3) is 2.31. The molecule has 1 saturated carbocycles. The van der Waals surface area contributed by atoms with E-state index in [1.165, 1.54) is 6.33 Å². The summed E-state index contributed by atoms with van der Waals surface area (Å²) in [6, 6.07) is 1.79. The van der Waals surface area contributed by atoms with Crippen molar-refractivity contribution in [2.45, 2.75) is 38.1 Å². The lowest BCUT2D eigenvalue weighted by molar-refractivity contribution is 0.0863. The van der Waals surface area contributed by atoms with Gasteiger partial charge in [0.25, 0.3) is 5.91 Å². The number of hydrogen-bond acceptors (Lipinski definition) is 5. The van der Waals surface area contributed by atoms with Crippen molar-refractivity contribution in [3.05, 3.63) is 35.5 Å². The lowest BCUT2D eigenvalue weighted by Gasteiger charge is -2.23. The molecule has 1 amide bonds. The molecule has 2 aromatic rings. The van der Waals surface area contributed by atoms with Crippen molar-refractivity contribution in [2.24, 2.45) is 5.92 Å². The van der Waals surface area contributed by atoms with Crippen molar-refractivity contribution in [3.63, 3.8) is 0 Å². The van der Waals surface area contributed by atoms with E-state index < -0.39 is 5.54 Å². The van der Waals surface area contributed by atoms with Crippen LogP contribution in [0.3, 0.4) is 0 Å². The Morgan fingerprint density at radius 3 is 3.04 bits per heavy atom. The van der Waals surface area contributed by atoms with Crippen molar-refractivity contribution in [2.75, 3.05) is 6.61 Å². The summed E-state index contributed by atoms with van der Waals surface area (Å²) in [7, 11) is 0. The lowest BCUT2D eigenvalue weighted by Crippen LogP contribution is -2.46. The standard InChI is InChI=1S/C16H19N5O2/c1-16(2,7-22)19-15(23)13-11-6-9-5-10(9)14(11)21(20-13)12-3-4-17-8-18-12/h3-4,8-10,22H,5-7H2,1-2H3,(H,19,23)/t9-,10-/m1/s1. The number of nitrogens with one attached hydrogen (secondary N) is 1. The minimum Gasteiger partial charge on any atom is -0.394 e. The van der Waals surface area contributed by atoms with E-state index in [4.69, 9.17) is 0 Å². The number of aliphatic hydroxyl groups excluding tert-OH is 1. The Bertz CT molecular complexity index is 768. The highest BCUT2D eigenvalue weighted by Gasteiger charge is 2.50. The molecule has 7 heteroatoms. The zero-order valence-corrected chi connectivity index (χ0v) is 13.2. The number of aliphatic hydroxyl groups is 1. The van der Waals surface area contributed by atoms with Crippen LogP contribution in [0.15, 0.2) is 18.6 Å². The number of carbonyl (C=O) groups is 1. The molecule has 4 rings (SSSR count). The summed E-state index contributed by atoms with van der Waals surface area (Å²) < 4.78 is 1.79. The average Bonchev–Trinajstić information content (AvgIpc) is 3.04. The molecular formula is C16H19N5O2. The first-order valence-corrected chi connectivity index (χ1v) is 7.82. The molecule has 2 atom stereocenters. The molecule has 2 aromatic heterocycles. The van der Waals surface area contributed by atoms with Gasteiger partial charge in [-0.05, 0) is 32.6 Å². The van der Waals surface area contributed by atoms with E-state index in [1.54, 1.807) is 30.8 Å². The third-order valence-corrected chi connectivity index (χ3v) is 4.61. The van der Waals surface area contributed by atoms with Crippen LogP contribution < -0.4 is 5.32 Å². The SMILES string of the molecule is CC(C)(CO)NC(=O)c1nn(-c2ccncn2)c2c1C[C@H]1C[C@@H]21. The fourth-order valence-electron chi connectivity index (χ4n) is 3.29. The van der Waals surface area contributed by atoms with Gasteiger partial charge >= 0.3 is 0 Å². The van der Waals surface area contributed by atoms with Crippen LogP contribution in [0.1, 0.15) is 47.9 Å². The van der Waals surface area contributed by atoms with E-state index >= 15 is 0 Å². The summed E-state index contributed by atoms with van der Waals surface area (Å²) in [6.07, 6.45) is 5.21. The van der Waals surface area contributed by atoms with Crippen LogP contribution in [0, 0.1) is 5.92 Å². The second kappa shape index (κ2) is 4.86. The van der Waals surface area contributed by atoms with Gasteiger partial charge in [-0.15, -0.1) is 0 Å². The van der Waals surface area contributed by atoms with Gasteiger partial charge in [-0.3, -0.25) is 4.79 Å². The van der Waals surface area contributed by atoms with Crippen molar-refractivity contribution in [1.29, 1.82) is 0 Å². The first-order valence-electron chi connectivity index (χ1n) is 7.82. The average molecular weight is 313 g/mol. The van der Waals surface area contributed by atoms with Gasteiger partial charge in [-0.25, -0.2) is 14.6 Å². The topological polar surface area (TPSA) is 92.9 Å². The van der Waals surface area contributed by atoms with Crippen LogP contribution in [-0.2, 0) is 6.42 Å². The van der Waals surface area contributed by atoms with Crippen molar-refractivity contribution < 1.29 is 9.90 Å². The van der Waals surface area contributed by atoms with Crippen LogP contribution in [0.5, 0.6) is 0 Å². The van der Waals surface area contributed by atoms with E-state index in [1.807, 2.05) is 0 Å². The Kier molecular flexibility index (Phi) is 3.02. The molecule has 1 fully saturated rings. The van der Waals surface area contributed by atoms with E-state index in [2.05, 4.69) is 20.4 Å². The van der Waals surface area contributed by atoms with E-state index in [9.17, 15) is 9.90 Å². The second-order valence-electron chi connectivity index (χ2n) is 6.99. The van der Waals surface area contributed by atoms with Gasteiger partial charge in [0.15, 0.2) is 11.5 Å². The van der Waals surface area contributed by atoms with E-state index in [0.717, 1.165) is 24.1 Å². The predicted molar refractivity (Wildman–Crippen MR) is 82.3 cm³/mol. The normalized spacial score (nSPS) is 21.7. The molecule has 2 aliphatic rings. The highest BCUT2D eigenvalue weighted by Crippen LogP contribution is 2.57. The van der Waals surface area contributed by atoms with Crippen LogP contribution >= 0.6 is 0 Å². The monoisotopic (exact) mass is 313 g/mol. The second-order valence-corrected chi connectivity index (χ2v) is 6.99. The first-order chi connectivity index (χ1) is 11.0. The van der Waals surface area contributed by atoms with Crippen LogP contribution in [0.4, 0.5) is 0 Å². The molecule has 7 nitrogen and oxygen atoms in total. The lowest BCUT2D eigenvalue weighted by atomic mass is 10.1. The van der Waals surface area contributed by atoms with Gasteiger partial charge in [0.1, 0.15) is 6.33 Å². The van der Waals surface area contributed by atoms with Crippen LogP contribution in [0.25, 0.3) is 5.82 Å². The molecule has 2 N–H and O–H groups in total. The molecule has 0 radical (unpaired) electrons. The van der Waals surface area contributed by atoms with Gasteiger partial charge < -0.3 is 10.4 Å². The molecule has 0 spiro atoms. The molecule has 2 aliphatic carbocycles. The number of fused-ring (bicyclic) bond motifs is 3. The van der Waals surface area contributed by atoms with Gasteiger partial charge in [0, 0.05) is 23.7 Å². The van der Waals surface area contributed by atoms with Gasteiger partial charge in [-0.1, -0.05) is 0 Å². The van der Waals surface area contributed by atoms with Crippen molar-refractivity contribution in [1.82, 2.24) is 25.1 Å². The molecular weight excluding hydrogens is 294 g/mol. The summed E-state index contributed by atoms with van der Waals surface area (Å²) in [4.78, 5) is 20.8.